The van der Waals surface area contributed by atoms with Crippen LogP contribution in [-0.4, -0.2) is 46.4 Å². The average molecular weight is 343 g/mol. The van der Waals surface area contributed by atoms with E-state index < -0.39 is 0 Å². The third-order valence-electron chi connectivity index (χ3n) is 4.91. The molecule has 1 saturated heterocycles. The van der Waals surface area contributed by atoms with E-state index in [9.17, 15) is 0 Å². The van der Waals surface area contributed by atoms with Crippen LogP contribution in [-0.2, 0) is 11.3 Å². The first-order valence-electron chi connectivity index (χ1n) is 9.11. The first-order chi connectivity index (χ1) is 11.9. The summed E-state index contributed by atoms with van der Waals surface area (Å²) >= 11 is 1.98. The highest BCUT2D eigenvalue weighted by Crippen LogP contribution is 2.35. The minimum atomic E-state index is 0.716. The number of rotatable bonds is 4. The van der Waals surface area contributed by atoms with E-state index in [0.29, 0.717) is 5.25 Å². The summed E-state index contributed by atoms with van der Waals surface area (Å²) in [4.78, 5) is 12.2. The maximum absolute atomic E-state index is 5.45. The zero-order chi connectivity index (χ0) is 16.2. The Morgan fingerprint density at radius 1 is 1.04 bits per heavy atom. The molecule has 0 spiro atoms. The SMILES string of the molecule is c1ccc2c(SC3CCCCC3)nc(CN3CCOCC3)nc2c1. The second-order valence-corrected chi connectivity index (χ2v) is 8.02. The molecule has 1 aromatic heterocycles. The Morgan fingerprint density at radius 2 is 1.83 bits per heavy atom. The van der Waals surface area contributed by atoms with Gasteiger partial charge in [0.25, 0.3) is 0 Å². The summed E-state index contributed by atoms with van der Waals surface area (Å²) in [5.74, 6) is 0.953. The summed E-state index contributed by atoms with van der Waals surface area (Å²) in [6.07, 6.45) is 6.76. The molecule has 1 aromatic carbocycles. The number of hydrogen-bond acceptors (Lipinski definition) is 5. The summed E-state index contributed by atoms with van der Waals surface area (Å²) in [6.45, 7) is 4.41. The van der Waals surface area contributed by atoms with E-state index in [1.54, 1.807) is 0 Å². The minimum Gasteiger partial charge on any atom is -0.379 e. The molecule has 2 fully saturated rings. The van der Waals surface area contributed by atoms with Crippen LogP contribution < -0.4 is 0 Å². The maximum atomic E-state index is 5.45. The van der Waals surface area contributed by atoms with Crippen LogP contribution in [0.4, 0.5) is 0 Å². The Bertz CT molecular complexity index is 681. The molecule has 0 amide bonds. The molecule has 5 heteroatoms. The van der Waals surface area contributed by atoms with E-state index in [1.807, 2.05) is 11.8 Å². The zero-order valence-electron chi connectivity index (χ0n) is 14.1. The molecule has 0 unspecified atom stereocenters. The molecule has 0 atom stereocenters. The van der Waals surface area contributed by atoms with Gasteiger partial charge in [0, 0.05) is 23.7 Å². The lowest BCUT2D eigenvalue weighted by molar-refractivity contribution is 0.0330. The third-order valence-corrected chi connectivity index (χ3v) is 6.25. The van der Waals surface area contributed by atoms with Gasteiger partial charge < -0.3 is 4.74 Å². The van der Waals surface area contributed by atoms with E-state index in [2.05, 4.69) is 29.2 Å². The van der Waals surface area contributed by atoms with E-state index >= 15 is 0 Å². The maximum Gasteiger partial charge on any atom is 0.144 e. The number of fused-ring (bicyclic) bond motifs is 1. The number of benzene rings is 1. The third kappa shape index (κ3) is 3.90. The second kappa shape index (κ2) is 7.81. The average Bonchev–Trinajstić information content (AvgIpc) is 2.63. The molecule has 0 radical (unpaired) electrons. The van der Waals surface area contributed by atoms with Gasteiger partial charge in [-0.1, -0.05) is 37.5 Å². The van der Waals surface area contributed by atoms with Crippen LogP contribution in [0.2, 0.25) is 0 Å². The molecule has 2 aliphatic rings. The van der Waals surface area contributed by atoms with Crippen molar-refractivity contribution in [2.24, 2.45) is 0 Å². The van der Waals surface area contributed by atoms with Crippen molar-refractivity contribution in [2.75, 3.05) is 26.3 Å². The Kier molecular flexibility index (Phi) is 5.30. The van der Waals surface area contributed by atoms with Crippen molar-refractivity contribution in [3.63, 3.8) is 0 Å². The number of nitrogens with zero attached hydrogens (tertiary/aromatic N) is 3. The fourth-order valence-corrected chi connectivity index (χ4v) is 4.90. The fraction of sp³-hybridized carbons (Fsp3) is 0.579. The van der Waals surface area contributed by atoms with Gasteiger partial charge in [0.15, 0.2) is 0 Å². The summed E-state index contributed by atoms with van der Waals surface area (Å²) in [6, 6.07) is 8.45. The Balaban J connectivity index is 1.60. The quantitative estimate of drug-likeness (QED) is 0.788. The van der Waals surface area contributed by atoms with Crippen molar-refractivity contribution in [3.8, 4) is 0 Å². The molecule has 4 rings (SSSR count). The van der Waals surface area contributed by atoms with Gasteiger partial charge in [-0.3, -0.25) is 4.90 Å². The summed E-state index contributed by atoms with van der Waals surface area (Å²) in [5, 5.41) is 3.10. The van der Waals surface area contributed by atoms with E-state index in [1.165, 1.54) is 42.5 Å². The normalized spacial score (nSPS) is 20.5. The highest BCUT2D eigenvalue weighted by molar-refractivity contribution is 8.00. The van der Waals surface area contributed by atoms with Crippen molar-refractivity contribution in [1.82, 2.24) is 14.9 Å². The molecule has 0 bridgehead atoms. The fourth-order valence-electron chi connectivity index (χ4n) is 3.55. The number of para-hydroxylation sites is 1. The van der Waals surface area contributed by atoms with Gasteiger partial charge in [-0.2, -0.15) is 0 Å². The number of morpholine rings is 1. The zero-order valence-corrected chi connectivity index (χ0v) is 14.9. The van der Waals surface area contributed by atoms with E-state index in [-0.39, 0.29) is 0 Å². The lowest BCUT2D eigenvalue weighted by Gasteiger charge is -2.26. The van der Waals surface area contributed by atoms with Gasteiger partial charge in [0.2, 0.25) is 0 Å². The Morgan fingerprint density at radius 3 is 2.67 bits per heavy atom. The molecule has 2 aromatic rings. The second-order valence-electron chi connectivity index (χ2n) is 6.73. The van der Waals surface area contributed by atoms with Crippen molar-refractivity contribution >= 4 is 22.7 Å². The molecule has 1 aliphatic carbocycles. The predicted molar refractivity (Wildman–Crippen MR) is 98.4 cm³/mol. The van der Waals surface area contributed by atoms with Gasteiger partial charge >= 0.3 is 0 Å². The Labute approximate surface area is 148 Å². The van der Waals surface area contributed by atoms with Crippen LogP contribution in [0.15, 0.2) is 29.3 Å². The van der Waals surface area contributed by atoms with Gasteiger partial charge in [0.1, 0.15) is 10.9 Å². The summed E-state index contributed by atoms with van der Waals surface area (Å²) < 4.78 is 5.45. The van der Waals surface area contributed by atoms with Crippen LogP contribution >= 0.6 is 11.8 Å². The molecular weight excluding hydrogens is 318 g/mol. The summed E-state index contributed by atoms with van der Waals surface area (Å²) in [5.41, 5.74) is 1.08. The lowest BCUT2D eigenvalue weighted by atomic mass is 10.0. The number of aromatic nitrogens is 2. The van der Waals surface area contributed by atoms with E-state index in [4.69, 9.17) is 14.7 Å². The molecule has 4 nitrogen and oxygen atoms in total. The van der Waals surface area contributed by atoms with Gasteiger partial charge in [0.05, 0.1) is 25.3 Å². The molecule has 128 valence electrons. The molecular formula is C19H25N3OS. The van der Waals surface area contributed by atoms with Crippen LogP contribution in [0.3, 0.4) is 0 Å². The number of thioether (sulfide) groups is 1. The van der Waals surface area contributed by atoms with Crippen molar-refractivity contribution < 1.29 is 4.74 Å². The molecule has 24 heavy (non-hydrogen) atoms. The number of ether oxygens (including phenoxy) is 1. The predicted octanol–water partition coefficient (Wildman–Crippen LogP) is 3.89. The van der Waals surface area contributed by atoms with Crippen LogP contribution in [0, 0.1) is 0 Å². The lowest BCUT2D eigenvalue weighted by Crippen LogP contribution is -2.36. The van der Waals surface area contributed by atoms with Crippen LogP contribution in [0.25, 0.3) is 10.9 Å². The standard InChI is InChI=1S/C19H25N3OS/c1-2-6-15(7-3-1)24-19-16-8-4-5-9-17(16)20-18(21-19)14-22-10-12-23-13-11-22/h4-5,8-9,15H,1-3,6-7,10-14H2. The topological polar surface area (TPSA) is 38.2 Å². The minimum absolute atomic E-state index is 0.716. The molecule has 0 N–H and O–H groups in total. The van der Waals surface area contributed by atoms with Crippen LogP contribution in [0.1, 0.15) is 37.9 Å². The van der Waals surface area contributed by atoms with Crippen molar-refractivity contribution in [2.45, 2.75) is 48.9 Å². The smallest absolute Gasteiger partial charge is 0.144 e. The number of hydrogen-bond donors (Lipinski definition) is 0. The first-order valence-corrected chi connectivity index (χ1v) is 9.99. The highest BCUT2D eigenvalue weighted by Gasteiger charge is 2.19. The largest absolute Gasteiger partial charge is 0.379 e. The van der Waals surface area contributed by atoms with E-state index in [0.717, 1.165) is 44.2 Å². The summed E-state index contributed by atoms with van der Waals surface area (Å²) in [7, 11) is 0. The van der Waals surface area contributed by atoms with Crippen molar-refractivity contribution in [3.05, 3.63) is 30.1 Å². The van der Waals surface area contributed by atoms with Gasteiger partial charge in [-0.05, 0) is 18.9 Å². The van der Waals surface area contributed by atoms with Gasteiger partial charge in [-0.15, -0.1) is 11.8 Å². The molecule has 2 heterocycles. The monoisotopic (exact) mass is 343 g/mol. The van der Waals surface area contributed by atoms with Gasteiger partial charge in [-0.25, -0.2) is 9.97 Å². The highest BCUT2D eigenvalue weighted by atomic mass is 32.2. The van der Waals surface area contributed by atoms with Crippen molar-refractivity contribution in [1.29, 1.82) is 0 Å². The molecule has 1 aliphatic heterocycles. The molecule has 1 saturated carbocycles. The van der Waals surface area contributed by atoms with Crippen LogP contribution in [0.5, 0.6) is 0 Å². The first kappa shape index (κ1) is 16.3. The Hall–Kier alpha value is -1.17.